The standard InChI is InChI=1S/C13H23NO5/c1-5-7-14(9-11(16)19-6-2)10(15)8-13(3,4)12(17)18/h5-9H2,1-4H3,(H,17,18). The normalized spacial score (nSPS) is 10.9. The smallest absolute Gasteiger partial charge is 0.325 e. The van der Waals surface area contributed by atoms with Crippen molar-refractivity contribution >= 4 is 17.8 Å². The molecule has 1 N–H and O–H groups in total. The van der Waals surface area contributed by atoms with Crippen molar-refractivity contribution in [3.05, 3.63) is 0 Å². The third-order valence-electron chi connectivity index (χ3n) is 2.64. The van der Waals surface area contributed by atoms with Gasteiger partial charge in [-0.25, -0.2) is 0 Å². The Morgan fingerprint density at radius 2 is 1.79 bits per heavy atom. The SMILES string of the molecule is CCCN(CC(=O)OCC)C(=O)CC(C)(C)C(=O)O. The largest absolute Gasteiger partial charge is 0.481 e. The molecule has 0 bridgehead atoms. The molecule has 0 aromatic rings. The summed E-state index contributed by atoms with van der Waals surface area (Å²) in [6.45, 7) is 7.09. The van der Waals surface area contributed by atoms with E-state index in [1.165, 1.54) is 18.7 Å². The summed E-state index contributed by atoms with van der Waals surface area (Å²) < 4.78 is 4.80. The molecule has 19 heavy (non-hydrogen) atoms. The predicted molar refractivity (Wildman–Crippen MR) is 69.5 cm³/mol. The highest BCUT2D eigenvalue weighted by atomic mass is 16.5. The van der Waals surface area contributed by atoms with Crippen LogP contribution in [0.2, 0.25) is 0 Å². The van der Waals surface area contributed by atoms with Gasteiger partial charge in [-0.1, -0.05) is 6.92 Å². The number of carbonyl (C=O) groups excluding carboxylic acids is 2. The second-order valence-corrected chi connectivity index (χ2v) is 4.99. The minimum Gasteiger partial charge on any atom is -0.481 e. The van der Waals surface area contributed by atoms with Crippen LogP contribution in [-0.4, -0.2) is 47.5 Å². The van der Waals surface area contributed by atoms with Gasteiger partial charge in [0.25, 0.3) is 0 Å². The van der Waals surface area contributed by atoms with Crippen molar-refractivity contribution in [3.63, 3.8) is 0 Å². The van der Waals surface area contributed by atoms with E-state index >= 15 is 0 Å². The van der Waals surface area contributed by atoms with Crippen LogP contribution in [0, 0.1) is 5.41 Å². The van der Waals surface area contributed by atoms with Gasteiger partial charge < -0.3 is 14.7 Å². The fourth-order valence-electron chi connectivity index (χ4n) is 1.49. The molecule has 0 heterocycles. The molecule has 0 saturated heterocycles. The first kappa shape index (κ1) is 17.4. The fraction of sp³-hybridized carbons (Fsp3) is 0.769. The number of carboxylic acids is 1. The zero-order valence-corrected chi connectivity index (χ0v) is 12.1. The Hall–Kier alpha value is -1.59. The number of ether oxygens (including phenoxy) is 1. The van der Waals surface area contributed by atoms with E-state index in [4.69, 9.17) is 9.84 Å². The number of hydrogen-bond acceptors (Lipinski definition) is 4. The van der Waals surface area contributed by atoms with Crippen LogP contribution in [0.1, 0.15) is 40.5 Å². The first-order chi connectivity index (χ1) is 8.74. The van der Waals surface area contributed by atoms with Gasteiger partial charge in [0.1, 0.15) is 6.54 Å². The lowest BCUT2D eigenvalue weighted by Gasteiger charge is -2.25. The summed E-state index contributed by atoms with van der Waals surface area (Å²) in [5, 5.41) is 9.01. The van der Waals surface area contributed by atoms with Crippen molar-refractivity contribution in [2.75, 3.05) is 19.7 Å². The summed E-state index contributed by atoms with van der Waals surface area (Å²) in [6, 6.07) is 0. The average molecular weight is 273 g/mol. The van der Waals surface area contributed by atoms with Gasteiger partial charge in [0.2, 0.25) is 5.91 Å². The Balaban J connectivity index is 4.66. The maximum absolute atomic E-state index is 12.0. The second-order valence-electron chi connectivity index (χ2n) is 4.99. The van der Waals surface area contributed by atoms with Crippen LogP contribution in [0.3, 0.4) is 0 Å². The topological polar surface area (TPSA) is 83.9 Å². The molecule has 0 spiro atoms. The molecule has 0 unspecified atom stereocenters. The molecule has 1 amide bonds. The number of rotatable bonds is 8. The number of aliphatic carboxylic acids is 1. The molecule has 0 rings (SSSR count). The van der Waals surface area contributed by atoms with Gasteiger partial charge >= 0.3 is 11.9 Å². The zero-order chi connectivity index (χ0) is 15.1. The third kappa shape index (κ3) is 6.22. The van der Waals surface area contributed by atoms with Crippen molar-refractivity contribution in [3.8, 4) is 0 Å². The van der Waals surface area contributed by atoms with Crippen LogP contribution in [0.15, 0.2) is 0 Å². The average Bonchev–Trinajstić information content (AvgIpc) is 2.27. The maximum atomic E-state index is 12.0. The van der Waals surface area contributed by atoms with E-state index in [9.17, 15) is 14.4 Å². The first-order valence-corrected chi connectivity index (χ1v) is 6.41. The Labute approximate surface area is 113 Å². The van der Waals surface area contributed by atoms with Gasteiger partial charge in [-0.2, -0.15) is 0 Å². The third-order valence-corrected chi connectivity index (χ3v) is 2.64. The molecule has 6 heteroatoms. The summed E-state index contributed by atoms with van der Waals surface area (Å²) in [5.74, 6) is -1.85. The monoisotopic (exact) mass is 273 g/mol. The van der Waals surface area contributed by atoms with Crippen LogP contribution < -0.4 is 0 Å². The van der Waals surface area contributed by atoms with E-state index in [1.807, 2.05) is 6.92 Å². The number of carboxylic acid groups (broad SMARTS) is 1. The second kappa shape index (κ2) is 7.76. The molecule has 0 aliphatic rings. The van der Waals surface area contributed by atoms with E-state index in [-0.39, 0.29) is 25.5 Å². The summed E-state index contributed by atoms with van der Waals surface area (Å²) in [7, 11) is 0. The first-order valence-electron chi connectivity index (χ1n) is 6.41. The molecule has 0 saturated carbocycles. The van der Waals surface area contributed by atoms with Gasteiger partial charge in [-0.05, 0) is 27.2 Å². The van der Waals surface area contributed by atoms with E-state index in [1.54, 1.807) is 6.92 Å². The Bertz CT molecular complexity index is 338. The minimum atomic E-state index is -1.14. The van der Waals surface area contributed by atoms with Crippen molar-refractivity contribution in [1.82, 2.24) is 4.90 Å². The Kier molecular flexibility index (Phi) is 7.11. The molecule has 0 aliphatic heterocycles. The van der Waals surface area contributed by atoms with Crippen molar-refractivity contribution < 1.29 is 24.2 Å². The summed E-state index contributed by atoms with van der Waals surface area (Å²) in [5.41, 5.74) is -1.14. The van der Waals surface area contributed by atoms with Crippen molar-refractivity contribution in [2.24, 2.45) is 5.41 Å². The molecule has 0 fully saturated rings. The number of amides is 1. The zero-order valence-electron chi connectivity index (χ0n) is 12.1. The Morgan fingerprint density at radius 1 is 1.21 bits per heavy atom. The van der Waals surface area contributed by atoms with E-state index in [0.29, 0.717) is 13.0 Å². The lowest BCUT2D eigenvalue weighted by atomic mass is 9.89. The highest BCUT2D eigenvalue weighted by Crippen LogP contribution is 2.21. The molecular weight excluding hydrogens is 250 g/mol. The number of nitrogens with zero attached hydrogens (tertiary/aromatic N) is 1. The van der Waals surface area contributed by atoms with Crippen LogP contribution in [-0.2, 0) is 19.1 Å². The van der Waals surface area contributed by atoms with Crippen molar-refractivity contribution in [2.45, 2.75) is 40.5 Å². The molecule has 0 aromatic carbocycles. The quantitative estimate of drug-likeness (QED) is 0.674. The predicted octanol–water partition coefficient (Wildman–Crippen LogP) is 1.29. The van der Waals surface area contributed by atoms with E-state index in [0.717, 1.165) is 0 Å². The van der Waals surface area contributed by atoms with Gasteiger partial charge in [0.15, 0.2) is 0 Å². The van der Waals surface area contributed by atoms with Gasteiger partial charge in [-0.15, -0.1) is 0 Å². The summed E-state index contributed by atoms with van der Waals surface area (Å²) >= 11 is 0. The van der Waals surface area contributed by atoms with Crippen LogP contribution >= 0.6 is 0 Å². The summed E-state index contributed by atoms with van der Waals surface area (Å²) in [6.07, 6.45) is 0.556. The van der Waals surface area contributed by atoms with Crippen LogP contribution in [0.4, 0.5) is 0 Å². The lowest BCUT2D eigenvalue weighted by Crippen LogP contribution is -2.40. The molecular formula is C13H23NO5. The van der Waals surface area contributed by atoms with Gasteiger partial charge in [-0.3, -0.25) is 14.4 Å². The summed E-state index contributed by atoms with van der Waals surface area (Å²) in [4.78, 5) is 35.8. The lowest BCUT2D eigenvalue weighted by molar-refractivity contribution is -0.153. The molecule has 110 valence electrons. The highest BCUT2D eigenvalue weighted by molar-refractivity contribution is 5.86. The fourth-order valence-corrected chi connectivity index (χ4v) is 1.49. The van der Waals surface area contributed by atoms with Gasteiger partial charge in [0, 0.05) is 13.0 Å². The minimum absolute atomic E-state index is 0.129. The number of carbonyl (C=O) groups is 3. The number of esters is 1. The molecule has 0 aliphatic carbocycles. The van der Waals surface area contributed by atoms with E-state index < -0.39 is 17.4 Å². The number of hydrogen-bond donors (Lipinski definition) is 1. The maximum Gasteiger partial charge on any atom is 0.325 e. The molecule has 0 radical (unpaired) electrons. The Morgan fingerprint density at radius 3 is 2.21 bits per heavy atom. The van der Waals surface area contributed by atoms with Gasteiger partial charge in [0.05, 0.1) is 12.0 Å². The van der Waals surface area contributed by atoms with E-state index in [2.05, 4.69) is 0 Å². The molecule has 0 atom stereocenters. The van der Waals surface area contributed by atoms with Crippen LogP contribution in [0.5, 0.6) is 0 Å². The van der Waals surface area contributed by atoms with Crippen molar-refractivity contribution in [1.29, 1.82) is 0 Å². The van der Waals surface area contributed by atoms with Crippen LogP contribution in [0.25, 0.3) is 0 Å². The highest BCUT2D eigenvalue weighted by Gasteiger charge is 2.32. The molecule has 0 aromatic heterocycles. The molecule has 6 nitrogen and oxygen atoms in total.